The van der Waals surface area contributed by atoms with Crippen LogP contribution in [0, 0.1) is 0 Å². The highest BCUT2D eigenvalue weighted by Crippen LogP contribution is 2.29. The largest absolute Gasteiger partial charge is 0.326 e. The number of rotatable bonds is 6. The average molecular weight is 296 g/mol. The summed E-state index contributed by atoms with van der Waals surface area (Å²) in [6.45, 7) is 4.81. The highest BCUT2D eigenvalue weighted by atomic mass is 16.1. The number of Topliss-reactive ketones (excluding diaryl/α,β-unsaturated/α-hetero) is 1. The van der Waals surface area contributed by atoms with E-state index in [9.17, 15) is 4.79 Å². The molecule has 0 saturated carbocycles. The van der Waals surface area contributed by atoms with Crippen LogP contribution in [-0.4, -0.2) is 5.78 Å². The summed E-state index contributed by atoms with van der Waals surface area (Å²) < 4.78 is 0. The molecule has 0 aliphatic carbocycles. The zero-order valence-electron chi connectivity index (χ0n) is 13.3. The molecule has 0 radical (unpaired) electrons. The first-order valence-electron chi connectivity index (χ1n) is 7.69. The fraction of sp³-hybridized carbons (Fsp3) is 0.316. The highest BCUT2D eigenvalue weighted by molar-refractivity contribution is 5.91. The molecule has 0 amide bonds. The molecule has 0 bridgehead atoms. The van der Waals surface area contributed by atoms with Crippen molar-refractivity contribution in [2.75, 3.05) is 0 Å². The Balaban J connectivity index is 2.30. The summed E-state index contributed by atoms with van der Waals surface area (Å²) in [7, 11) is 0. The lowest BCUT2D eigenvalue weighted by Gasteiger charge is -2.21. The summed E-state index contributed by atoms with van der Waals surface area (Å²) in [5, 5.41) is 0. The van der Waals surface area contributed by atoms with Crippen LogP contribution in [0.25, 0.3) is 0 Å². The molecular formula is C19H24N2O. The predicted molar refractivity (Wildman–Crippen MR) is 90.5 cm³/mol. The van der Waals surface area contributed by atoms with Gasteiger partial charge in [0.05, 0.1) is 0 Å². The summed E-state index contributed by atoms with van der Waals surface area (Å²) in [4.78, 5) is 12.9. The fourth-order valence-corrected chi connectivity index (χ4v) is 2.97. The maximum atomic E-state index is 12.9. The third-order valence-electron chi connectivity index (χ3n) is 4.34. The summed E-state index contributed by atoms with van der Waals surface area (Å²) >= 11 is 0. The van der Waals surface area contributed by atoms with Gasteiger partial charge in [-0.2, -0.15) is 0 Å². The molecule has 3 heteroatoms. The van der Waals surface area contributed by atoms with E-state index in [4.69, 9.17) is 11.5 Å². The molecule has 0 aliphatic rings. The summed E-state index contributed by atoms with van der Waals surface area (Å²) in [5.41, 5.74) is 15.7. The van der Waals surface area contributed by atoms with E-state index in [-0.39, 0.29) is 17.6 Å². The lowest BCUT2D eigenvalue weighted by atomic mass is 9.82. The normalized spacial score (nSPS) is 13.6. The minimum Gasteiger partial charge on any atom is -0.326 e. The third kappa shape index (κ3) is 3.26. The molecule has 2 aromatic rings. The smallest absolute Gasteiger partial charge is 0.147 e. The molecule has 2 atom stereocenters. The molecule has 2 unspecified atom stereocenters. The number of carbonyl (C=O) groups is 1. The van der Waals surface area contributed by atoms with E-state index in [0.717, 1.165) is 22.3 Å². The first-order valence-corrected chi connectivity index (χ1v) is 7.69. The minimum absolute atomic E-state index is 0.180. The van der Waals surface area contributed by atoms with Crippen LogP contribution in [0.3, 0.4) is 0 Å². The molecule has 0 spiro atoms. The van der Waals surface area contributed by atoms with Gasteiger partial charge in [-0.1, -0.05) is 62.4 Å². The molecule has 0 aliphatic heterocycles. The van der Waals surface area contributed by atoms with Gasteiger partial charge >= 0.3 is 0 Å². The van der Waals surface area contributed by atoms with Gasteiger partial charge in [-0.3, -0.25) is 4.79 Å². The van der Waals surface area contributed by atoms with Crippen LogP contribution in [-0.2, 0) is 17.9 Å². The number of carbonyl (C=O) groups excluding carboxylic acids is 1. The second kappa shape index (κ2) is 7.34. The van der Waals surface area contributed by atoms with Crippen LogP contribution < -0.4 is 11.5 Å². The van der Waals surface area contributed by atoms with Crippen molar-refractivity contribution in [3.05, 3.63) is 70.8 Å². The number of hydrogen-bond acceptors (Lipinski definition) is 3. The second-order valence-electron chi connectivity index (χ2n) is 5.65. The van der Waals surface area contributed by atoms with Crippen LogP contribution in [0.5, 0.6) is 0 Å². The second-order valence-corrected chi connectivity index (χ2v) is 5.65. The van der Waals surface area contributed by atoms with Crippen LogP contribution in [0.15, 0.2) is 48.5 Å². The minimum atomic E-state index is -0.180. The van der Waals surface area contributed by atoms with Gasteiger partial charge in [0.2, 0.25) is 0 Å². The maximum absolute atomic E-state index is 12.9. The predicted octanol–water partition coefficient (Wildman–Crippen LogP) is 3.08. The van der Waals surface area contributed by atoms with Crippen molar-refractivity contribution in [2.24, 2.45) is 11.5 Å². The monoisotopic (exact) mass is 296 g/mol. The number of nitrogens with two attached hydrogens (primary N) is 2. The standard InChI is InChI=1S/C19H24N2O/c1-13(17-9-5-3-7-15(17)11-20)19(22)14(2)18-10-6-4-8-16(18)12-21/h3-10,13-14H,11-12,20-21H2,1-2H3. The average Bonchev–Trinajstić information content (AvgIpc) is 2.59. The molecule has 22 heavy (non-hydrogen) atoms. The SMILES string of the molecule is CC(C(=O)C(C)c1ccccc1CN)c1ccccc1CN. The van der Waals surface area contributed by atoms with Gasteiger partial charge < -0.3 is 11.5 Å². The maximum Gasteiger partial charge on any atom is 0.147 e. The fourth-order valence-electron chi connectivity index (χ4n) is 2.97. The molecule has 0 heterocycles. The van der Waals surface area contributed by atoms with E-state index in [1.54, 1.807) is 0 Å². The highest BCUT2D eigenvalue weighted by Gasteiger charge is 2.25. The summed E-state index contributed by atoms with van der Waals surface area (Å²) in [6.07, 6.45) is 0. The van der Waals surface area contributed by atoms with E-state index >= 15 is 0 Å². The summed E-state index contributed by atoms with van der Waals surface area (Å²) in [6, 6.07) is 15.8. The number of hydrogen-bond donors (Lipinski definition) is 2. The van der Waals surface area contributed by atoms with E-state index < -0.39 is 0 Å². The van der Waals surface area contributed by atoms with Crippen LogP contribution in [0.1, 0.15) is 47.9 Å². The van der Waals surface area contributed by atoms with Crippen molar-refractivity contribution < 1.29 is 4.79 Å². The topological polar surface area (TPSA) is 69.1 Å². The van der Waals surface area contributed by atoms with Gasteiger partial charge in [0.25, 0.3) is 0 Å². The number of benzene rings is 2. The molecule has 0 aromatic heterocycles. The molecule has 116 valence electrons. The zero-order valence-corrected chi connectivity index (χ0v) is 13.3. The Kier molecular flexibility index (Phi) is 5.47. The van der Waals surface area contributed by atoms with Gasteiger partial charge in [0.15, 0.2) is 0 Å². The Morgan fingerprint density at radius 1 is 0.818 bits per heavy atom. The van der Waals surface area contributed by atoms with Crippen molar-refractivity contribution in [3.8, 4) is 0 Å². The van der Waals surface area contributed by atoms with Crippen molar-refractivity contribution in [1.82, 2.24) is 0 Å². The van der Waals surface area contributed by atoms with Crippen molar-refractivity contribution in [2.45, 2.75) is 38.8 Å². The Bertz CT molecular complexity index is 596. The van der Waals surface area contributed by atoms with Gasteiger partial charge in [0, 0.05) is 24.9 Å². The van der Waals surface area contributed by atoms with E-state index in [0.29, 0.717) is 13.1 Å². The zero-order chi connectivity index (χ0) is 16.1. The Morgan fingerprint density at radius 2 is 1.18 bits per heavy atom. The Morgan fingerprint density at radius 3 is 1.55 bits per heavy atom. The van der Waals surface area contributed by atoms with Gasteiger partial charge in [-0.15, -0.1) is 0 Å². The Hall–Kier alpha value is -1.97. The molecular weight excluding hydrogens is 272 g/mol. The van der Waals surface area contributed by atoms with Crippen LogP contribution >= 0.6 is 0 Å². The lowest BCUT2D eigenvalue weighted by molar-refractivity contribution is -0.121. The van der Waals surface area contributed by atoms with Crippen LogP contribution in [0.4, 0.5) is 0 Å². The van der Waals surface area contributed by atoms with Crippen molar-refractivity contribution in [1.29, 1.82) is 0 Å². The number of ketones is 1. The molecule has 0 fully saturated rings. The lowest BCUT2D eigenvalue weighted by Crippen LogP contribution is -2.20. The summed E-state index contributed by atoms with van der Waals surface area (Å²) in [5.74, 6) is -0.164. The van der Waals surface area contributed by atoms with E-state index in [2.05, 4.69) is 0 Å². The Labute approximate surface area is 132 Å². The molecule has 4 N–H and O–H groups in total. The van der Waals surface area contributed by atoms with Crippen LogP contribution in [0.2, 0.25) is 0 Å². The van der Waals surface area contributed by atoms with Crippen molar-refractivity contribution >= 4 is 5.78 Å². The molecule has 3 nitrogen and oxygen atoms in total. The van der Waals surface area contributed by atoms with E-state index in [1.807, 2.05) is 62.4 Å². The third-order valence-corrected chi connectivity index (χ3v) is 4.34. The van der Waals surface area contributed by atoms with Gasteiger partial charge in [-0.05, 0) is 22.3 Å². The van der Waals surface area contributed by atoms with Gasteiger partial charge in [-0.25, -0.2) is 0 Å². The first-order chi connectivity index (χ1) is 10.6. The quantitative estimate of drug-likeness (QED) is 0.860. The van der Waals surface area contributed by atoms with E-state index in [1.165, 1.54) is 0 Å². The first kappa shape index (κ1) is 16.4. The molecule has 2 aromatic carbocycles. The van der Waals surface area contributed by atoms with Crippen molar-refractivity contribution in [3.63, 3.8) is 0 Å². The van der Waals surface area contributed by atoms with Gasteiger partial charge in [0.1, 0.15) is 5.78 Å². The molecule has 2 rings (SSSR count). The molecule has 0 saturated heterocycles.